The van der Waals surface area contributed by atoms with Crippen LogP contribution in [0.3, 0.4) is 0 Å². The topological polar surface area (TPSA) is 52.3 Å². The molecule has 1 aromatic carbocycles. The molecular weight excluding hydrogens is 234 g/mol. The van der Waals surface area contributed by atoms with Crippen molar-refractivity contribution in [3.63, 3.8) is 0 Å². The predicted molar refractivity (Wildman–Crippen MR) is 70.5 cm³/mol. The van der Waals surface area contributed by atoms with Crippen molar-refractivity contribution in [2.45, 2.75) is 13.3 Å². The van der Waals surface area contributed by atoms with E-state index < -0.39 is 0 Å². The van der Waals surface area contributed by atoms with Crippen LogP contribution in [-0.4, -0.2) is 17.6 Å². The molecule has 17 heavy (non-hydrogen) atoms. The average molecular weight is 247 g/mol. The van der Waals surface area contributed by atoms with Crippen LogP contribution in [0, 0.1) is 11.8 Å². The van der Waals surface area contributed by atoms with Gasteiger partial charge in [0.1, 0.15) is 11.4 Å². The molecule has 0 spiro atoms. The molecule has 0 saturated carbocycles. The van der Waals surface area contributed by atoms with E-state index in [0.29, 0.717) is 11.6 Å². The molecule has 1 rings (SSSR count). The standard InChI is InChI=1S/C13H13NO2S/c1-2-16-12(15)5-3-4-10-6-8-11(9-7-10)13(14)17/h6-9H,2,5H2,1H3,(H2,14,17). The quantitative estimate of drug-likeness (QED) is 0.501. The molecule has 3 nitrogen and oxygen atoms in total. The molecule has 88 valence electrons. The van der Waals surface area contributed by atoms with Crippen molar-refractivity contribution in [1.29, 1.82) is 0 Å². The van der Waals surface area contributed by atoms with Crippen molar-refractivity contribution < 1.29 is 9.53 Å². The van der Waals surface area contributed by atoms with E-state index in [0.717, 1.165) is 11.1 Å². The Morgan fingerprint density at radius 2 is 2.06 bits per heavy atom. The summed E-state index contributed by atoms with van der Waals surface area (Å²) in [5, 5.41) is 0. The highest BCUT2D eigenvalue weighted by Gasteiger charge is 1.97. The molecule has 4 heteroatoms. The minimum Gasteiger partial charge on any atom is -0.465 e. The Morgan fingerprint density at radius 1 is 1.41 bits per heavy atom. The lowest BCUT2D eigenvalue weighted by Crippen LogP contribution is -2.08. The monoisotopic (exact) mass is 247 g/mol. The highest BCUT2D eigenvalue weighted by atomic mass is 32.1. The van der Waals surface area contributed by atoms with Gasteiger partial charge in [-0.3, -0.25) is 4.79 Å². The van der Waals surface area contributed by atoms with E-state index in [1.165, 1.54) is 0 Å². The molecule has 0 aliphatic carbocycles. The van der Waals surface area contributed by atoms with Crippen LogP contribution in [0.25, 0.3) is 0 Å². The van der Waals surface area contributed by atoms with Crippen molar-refractivity contribution in [2.75, 3.05) is 6.61 Å². The SMILES string of the molecule is CCOC(=O)CC#Cc1ccc(C(N)=S)cc1. The second kappa shape index (κ2) is 6.66. The number of benzene rings is 1. The third kappa shape index (κ3) is 4.66. The van der Waals surface area contributed by atoms with E-state index in [1.807, 2.05) is 12.1 Å². The molecular formula is C13H13NO2S. The molecule has 0 unspecified atom stereocenters. The summed E-state index contributed by atoms with van der Waals surface area (Å²) in [5.74, 6) is 5.31. The van der Waals surface area contributed by atoms with Gasteiger partial charge in [0.15, 0.2) is 0 Å². The Bertz CT molecular complexity index is 468. The number of carbonyl (C=O) groups is 1. The van der Waals surface area contributed by atoms with E-state index >= 15 is 0 Å². The maximum absolute atomic E-state index is 11.0. The first-order chi connectivity index (χ1) is 8.13. The highest BCUT2D eigenvalue weighted by Crippen LogP contribution is 2.03. The highest BCUT2D eigenvalue weighted by molar-refractivity contribution is 7.80. The van der Waals surface area contributed by atoms with Gasteiger partial charge in [0.25, 0.3) is 0 Å². The molecule has 0 radical (unpaired) electrons. The summed E-state index contributed by atoms with van der Waals surface area (Å²) < 4.78 is 4.76. The van der Waals surface area contributed by atoms with Crippen molar-refractivity contribution in [3.8, 4) is 11.8 Å². The van der Waals surface area contributed by atoms with E-state index in [9.17, 15) is 4.79 Å². The number of nitrogens with two attached hydrogens (primary N) is 1. The lowest BCUT2D eigenvalue weighted by atomic mass is 10.1. The molecule has 0 heterocycles. The Hall–Kier alpha value is -1.86. The average Bonchev–Trinajstić information content (AvgIpc) is 2.30. The predicted octanol–water partition coefficient (Wildman–Crippen LogP) is 1.63. The van der Waals surface area contributed by atoms with Crippen LogP contribution in [0.15, 0.2) is 24.3 Å². The van der Waals surface area contributed by atoms with Gasteiger partial charge in [0.2, 0.25) is 0 Å². The number of ether oxygens (including phenoxy) is 1. The van der Waals surface area contributed by atoms with Gasteiger partial charge < -0.3 is 10.5 Å². The summed E-state index contributed by atoms with van der Waals surface area (Å²) in [7, 11) is 0. The smallest absolute Gasteiger partial charge is 0.317 e. The molecule has 2 N–H and O–H groups in total. The number of esters is 1. The Kier molecular flexibility index (Phi) is 5.18. The van der Waals surface area contributed by atoms with E-state index in [2.05, 4.69) is 11.8 Å². The minimum absolute atomic E-state index is 0.102. The Morgan fingerprint density at radius 3 is 2.59 bits per heavy atom. The molecule has 0 aliphatic heterocycles. The fraction of sp³-hybridized carbons (Fsp3) is 0.231. The Balaban J connectivity index is 2.60. The molecule has 0 bridgehead atoms. The van der Waals surface area contributed by atoms with Crippen LogP contribution in [0.2, 0.25) is 0 Å². The van der Waals surface area contributed by atoms with Gasteiger partial charge in [-0.05, 0) is 19.1 Å². The van der Waals surface area contributed by atoms with Gasteiger partial charge in [0.05, 0.1) is 6.61 Å². The van der Waals surface area contributed by atoms with Crippen LogP contribution >= 0.6 is 12.2 Å². The summed E-state index contributed by atoms with van der Waals surface area (Å²) in [6.07, 6.45) is 0.102. The third-order valence-corrected chi connectivity index (χ3v) is 2.18. The van der Waals surface area contributed by atoms with E-state index in [1.54, 1.807) is 19.1 Å². The van der Waals surface area contributed by atoms with E-state index in [4.69, 9.17) is 22.7 Å². The second-order valence-electron chi connectivity index (χ2n) is 3.23. The summed E-state index contributed by atoms with van der Waals surface area (Å²) in [5.41, 5.74) is 7.09. The van der Waals surface area contributed by atoms with Crippen molar-refractivity contribution in [3.05, 3.63) is 35.4 Å². The molecule has 0 aromatic heterocycles. The zero-order valence-corrected chi connectivity index (χ0v) is 10.3. The number of carbonyl (C=O) groups excluding carboxylic acids is 1. The molecule has 0 amide bonds. The number of thiocarbonyl (C=S) groups is 1. The van der Waals surface area contributed by atoms with Gasteiger partial charge in [-0.15, -0.1) is 0 Å². The van der Waals surface area contributed by atoms with Crippen LogP contribution in [0.5, 0.6) is 0 Å². The van der Waals surface area contributed by atoms with Crippen LogP contribution < -0.4 is 5.73 Å². The van der Waals surface area contributed by atoms with E-state index in [-0.39, 0.29) is 12.4 Å². The molecule has 0 atom stereocenters. The summed E-state index contributed by atoms with van der Waals surface area (Å²) >= 11 is 4.84. The zero-order chi connectivity index (χ0) is 12.7. The van der Waals surface area contributed by atoms with Gasteiger partial charge >= 0.3 is 5.97 Å². The maximum Gasteiger partial charge on any atom is 0.317 e. The summed E-state index contributed by atoms with van der Waals surface area (Å²) in [4.78, 5) is 11.4. The van der Waals surface area contributed by atoms with Gasteiger partial charge in [-0.2, -0.15) is 0 Å². The first kappa shape index (κ1) is 13.2. The normalized spacial score (nSPS) is 9.00. The molecule has 1 aromatic rings. The molecule has 0 aliphatic rings. The van der Waals surface area contributed by atoms with Gasteiger partial charge in [-0.1, -0.05) is 36.2 Å². The molecule has 0 saturated heterocycles. The minimum atomic E-state index is -0.306. The van der Waals surface area contributed by atoms with Gasteiger partial charge in [0, 0.05) is 11.1 Å². The Labute approximate surface area is 106 Å². The molecule has 0 fully saturated rings. The number of rotatable bonds is 3. The fourth-order valence-corrected chi connectivity index (χ4v) is 1.28. The van der Waals surface area contributed by atoms with Crippen LogP contribution in [0.4, 0.5) is 0 Å². The van der Waals surface area contributed by atoms with Crippen molar-refractivity contribution in [1.82, 2.24) is 0 Å². The van der Waals surface area contributed by atoms with Crippen LogP contribution in [-0.2, 0) is 9.53 Å². The lowest BCUT2D eigenvalue weighted by Gasteiger charge is -1.97. The number of hydrogen-bond acceptors (Lipinski definition) is 3. The third-order valence-electron chi connectivity index (χ3n) is 1.94. The van der Waals surface area contributed by atoms with Crippen molar-refractivity contribution in [2.24, 2.45) is 5.73 Å². The van der Waals surface area contributed by atoms with Gasteiger partial charge in [-0.25, -0.2) is 0 Å². The first-order valence-electron chi connectivity index (χ1n) is 5.18. The fourth-order valence-electron chi connectivity index (χ4n) is 1.15. The van der Waals surface area contributed by atoms with Crippen molar-refractivity contribution >= 4 is 23.2 Å². The lowest BCUT2D eigenvalue weighted by molar-refractivity contribution is -0.141. The summed E-state index contributed by atoms with van der Waals surface area (Å²) in [6.45, 7) is 2.14. The first-order valence-corrected chi connectivity index (χ1v) is 5.58. The second-order valence-corrected chi connectivity index (χ2v) is 3.67. The number of hydrogen-bond donors (Lipinski definition) is 1. The van der Waals surface area contributed by atoms with Crippen LogP contribution in [0.1, 0.15) is 24.5 Å². The largest absolute Gasteiger partial charge is 0.465 e. The maximum atomic E-state index is 11.0. The zero-order valence-electron chi connectivity index (χ0n) is 9.53. The summed E-state index contributed by atoms with van der Waals surface area (Å²) in [6, 6.07) is 7.23.